The summed E-state index contributed by atoms with van der Waals surface area (Å²) in [6, 6.07) is 12.4. The van der Waals surface area contributed by atoms with Crippen LogP contribution >= 0.6 is 27.5 Å². The molecule has 2 aromatic carbocycles. The fourth-order valence-electron chi connectivity index (χ4n) is 2.39. The predicted octanol–water partition coefficient (Wildman–Crippen LogP) is 4.97. The zero-order valence-electron chi connectivity index (χ0n) is 12.1. The first kappa shape index (κ1) is 15.8. The van der Waals surface area contributed by atoms with Crippen molar-refractivity contribution in [3.8, 4) is 0 Å². The highest BCUT2D eigenvalue weighted by molar-refractivity contribution is 9.10. The van der Waals surface area contributed by atoms with Gasteiger partial charge in [0, 0.05) is 28.0 Å². The van der Waals surface area contributed by atoms with E-state index in [0.717, 1.165) is 4.47 Å². The average Bonchev–Trinajstić information content (AvgIpc) is 2.88. The summed E-state index contributed by atoms with van der Waals surface area (Å²) in [5, 5.41) is 4.03. The van der Waals surface area contributed by atoms with Crippen LogP contribution < -0.4 is 5.32 Å². The van der Waals surface area contributed by atoms with Crippen molar-refractivity contribution in [2.45, 2.75) is 6.92 Å². The normalized spacial score (nSPS) is 10.7. The van der Waals surface area contributed by atoms with Gasteiger partial charge in [0.25, 0.3) is 5.91 Å². The number of halogens is 2. The van der Waals surface area contributed by atoms with Crippen LogP contribution in [0.25, 0.3) is 10.9 Å². The minimum absolute atomic E-state index is 0.183. The van der Waals surface area contributed by atoms with E-state index >= 15 is 0 Å². The van der Waals surface area contributed by atoms with E-state index in [2.05, 4.69) is 21.2 Å². The molecule has 0 bridgehead atoms. The molecule has 1 heterocycles. The summed E-state index contributed by atoms with van der Waals surface area (Å²) >= 11 is 9.40. The summed E-state index contributed by atoms with van der Waals surface area (Å²) in [6.07, 6.45) is 1.54. The Hall–Kier alpha value is -2.11. The summed E-state index contributed by atoms with van der Waals surface area (Å²) in [5.41, 5.74) is 1.69. The fourth-order valence-corrected chi connectivity index (χ4v) is 2.94. The maximum Gasteiger partial charge on any atom is 0.257 e. The first-order valence-corrected chi connectivity index (χ1v) is 8.02. The van der Waals surface area contributed by atoms with E-state index in [9.17, 15) is 9.59 Å². The molecule has 0 atom stereocenters. The van der Waals surface area contributed by atoms with Gasteiger partial charge in [0.1, 0.15) is 0 Å². The number of fused-ring (bicyclic) bond motifs is 1. The van der Waals surface area contributed by atoms with Gasteiger partial charge in [-0.1, -0.05) is 29.8 Å². The van der Waals surface area contributed by atoms with Gasteiger partial charge in [0.2, 0.25) is 5.91 Å². The molecule has 0 aliphatic heterocycles. The van der Waals surface area contributed by atoms with E-state index in [0.29, 0.717) is 27.2 Å². The van der Waals surface area contributed by atoms with Crippen LogP contribution in [0.2, 0.25) is 5.02 Å². The van der Waals surface area contributed by atoms with Crippen LogP contribution in [0.1, 0.15) is 22.1 Å². The molecule has 0 saturated heterocycles. The fraction of sp³-hybridized carbons (Fsp3) is 0.0588. The van der Waals surface area contributed by atoms with Gasteiger partial charge in [-0.15, -0.1) is 0 Å². The first-order valence-electron chi connectivity index (χ1n) is 6.85. The number of nitrogens with one attached hydrogen (secondary N) is 1. The SMILES string of the molecule is CC(=O)n1cc(C(=O)Nc2ccccc2Br)c2ccc(Cl)cc21. The van der Waals surface area contributed by atoms with Crippen molar-refractivity contribution in [3.63, 3.8) is 0 Å². The predicted molar refractivity (Wildman–Crippen MR) is 95.3 cm³/mol. The number of hydrogen-bond donors (Lipinski definition) is 1. The molecule has 1 amide bonds. The van der Waals surface area contributed by atoms with Gasteiger partial charge >= 0.3 is 0 Å². The minimum Gasteiger partial charge on any atom is -0.321 e. The number of carbonyl (C=O) groups is 2. The van der Waals surface area contributed by atoms with Crippen molar-refractivity contribution in [1.82, 2.24) is 4.57 Å². The average molecular weight is 392 g/mol. The van der Waals surface area contributed by atoms with Crippen molar-refractivity contribution in [3.05, 3.63) is 63.7 Å². The number of anilines is 1. The van der Waals surface area contributed by atoms with Crippen LogP contribution in [0.3, 0.4) is 0 Å². The molecule has 23 heavy (non-hydrogen) atoms. The van der Waals surface area contributed by atoms with Crippen LogP contribution in [0.5, 0.6) is 0 Å². The molecule has 4 nitrogen and oxygen atoms in total. The highest BCUT2D eigenvalue weighted by Crippen LogP contribution is 2.27. The lowest BCUT2D eigenvalue weighted by Crippen LogP contribution is -2.12. The summed E-state index contributed by atoms with van der Waals surface area (Å²) in [7, 11) is 0. The number of aromatic nitrogens is 1. The quantitative estimate of drug-likeness (QED) is 0.670. The molecule has 3 rings (SSSR count). The molecule has 1 N–H and O–H groups in total. The first-order chi connectivity index (χ1) is 11.0. The highest BCUT2D eigenvalue weighted by atomic mass is 79.9. The summed E-state index contributed by atoms with van der Waals surface area (Å²) in [5.74, 6) is -0.471. The second-order valence-corrected chi connectivity index (χ2v) is 6.32. The van der Waals surface area contributed by atoms with Crippen molar-refractivity contribution in [2.24, 2.45) is 0 Å². The van der Waals surface area contributed by atoms with Crippen LogP contribution in [0, 0.1) is 0 Å². The molecule has 3 aromatic rings. The van der Waals surface area contributed by atoms with Gasteiger partial charge in [0.05, 0.1) is 16.8 Å². The standard InChI is InChI=1S/C17H12BrClN2O2/c1-10(22)21-9-13(12-7-6-11(19)8-16(12)21)17(23)20-15-5-3-2-4-14(15)18/h2-9H,1H3,(H,20,23). The maximum atomic E-state index is 12.6. The third-order valence-electron chi connectivity index (χ3n) is 3.47. The van der Waals surface area contributed by atoms with Gasteiger partial charge in [-0.3, -0.25) is 14.2 Å². The number of rotatable bonds is 2. The molecule has 0 spiro atoms. The van der Waals surface area contributed by atoms with Gasteiger partial charge in [-0.2, -0.15) is 0 Å². The Morgan fingerprint density at radius 1 is 1.17 bits per heavy atom. The number of nitrogens with zero attached hydrogens (tertiary/aromatic N) is 1. The molecule has 0 radical (unpaired) electrons. The lowest BCUT2D eigenvalue weighted by atomic mass is 10.1. The molecular formula is C17H12BrClN2O2. The van der Waals surface area contributed by atoms with Crippen LogP contribution in [0.15, 0.2) is 53.1 Å². The number of hydrogen-bond acceptors (Lipinski definition) is 2. The second-order valence-electron chi connectivity index (χ2n) is 5.03. The van der Waals surface area contributed by atoms with Crippen molar-refractivity contribution in [2.75, 3.05) is 5.32 Å². The van der Waals surface area contributed by atoms with Crippen molar-refractivity contribution < 1.29 is 9.59 Å². The minimum atomic E-state index is -0.288. The smallest absolute Gasteiger partial charge is 0.257 e. The van der Waals surface area contributed by atoms with E-state index in [1.807, 2.05) is 18.2 Å². The Morgan fingerprint density at radius 2 is 1.91 bits per heavy atom. The van der Waals surface area contributed by atoms with E-state index in [1.54, 1.807) is 24.3 Å². The van der Waals surface area contributed by atoms with E-state index in [4.69, 9.17) is 11.6 Å². The van der Waals surface area contributed by atoms with Crippen molar-refractivity contribution in [1.29, 1.82) is 0 Å². The second kappa shape index (κ2) is 6.18. The number of benzene rings is 2. The molecule has 0 aliphatic rings. The number of carbonyl (C=O) groups excluding carboxylic acids is 2. The summed E-state index contributed by atoms with van der Waals surface area (Å²) in [6.45, 7) is 1.44. The Bertz CT molecular complexity index is 933. The lowest BCUT2D eigenvalue weighted by molar-refractivity contribution is 0.0941. The van der Waals surface area contributed by atoms with Gasteiger partial charge in [-0.25, -0.2) is 0 Å². The maximum absolute atomic E-state index is 12.6. The molecule has 116 valence electrons. The Kier molecular flexibility index (Phi) is 4.24. The summed E-state index contributed by atoms with van der Waals surface area (Å²) < 4.78 is 2.21. The number of para-hydroxylation sites is 1. The zero-order chi connectivity index (χ0) is 16.6. The van der Waals surface area contributed by atoms with Crippen LogP contribution in [-0.2, 0) is 0 Å². The van der Waals surface area contributed by atoms with Crippen LogP contribution in [-0.4, -0.2) is 16.4 Å². The van der Waals surface area contributed by atoms with Gasteiger partial charge in [0.15, 0.2) is 0 Å². The van der Waals surface area contributed by atoms with E-state index in [1.165, 1.54) is 17.7 Å². The van der Waals surface area contributed by atoms with Gasteiger partial charge < -0.3 is 5.32 Å². The third kappa shape index (κ3) is 3.02. The Balaban J connectivity index is 2.07. The zero-order valence-corrected chi connectivity index (χ0v) is 14.5. The topological polar surface area (TPSA) is 51.1 Å². The molecule has 0 aliphatic carbocycles. The monoisotopic (exact) mass is 390 g/mol. The summed E-state index contributed by atoms with van der Waals surface area (Å²) in [4.78, 5) is 24.4. The molecule has 6 heteroatoms. The number of amides is 1. The lowest BCUT2D eigenvalue weighted by Gasteiger charge is -2.06. The van der Waals surface area contributed by atoms with Gasteiger partial charge in [-0.05, 0) is 40.2 Å². The highest BCUT2D eigenvalue weighted by Gasteiger charge is 2.17. The van der Waals surface area contributed by atoms with Crippen LogP contribution in [0.4, 0.5) is 5.69 Å². The molecule has 1 aromatic heterocycles. The van der Waals surface area contributed by atoms with E-state index in [-0.39, 0.29) is 11.8 Å². The molecule has 0 saturated carbocycles. The third-order valence-corrected chi connectivity index (χ3v) is 4.40. The molecular weight excluding hydrogens is 380 g/mol. The van der Waals surface area contributed by atoms with Crippen molar-refractivity contribution >= 4 is 55.9 Å². The molecule has 0 unspecified atom stereocenters. The Labute approximate surface area is 146 Å². The Morgan fingerprint density at radius 3 is 2.61 bits per heavy atom. The largest absolute Gasteiger partial charge is 0.321 e. The molecule has 0 fully saturated rings. The van der Waals surface area contributed by atoms with E-state index < -0.39 is 0 Å².